The van der Waals surface area contributed by atoms with Crippen molar-refractivity contribution in [1.82, 2.24) is 0 Å². The van der Waals surface area contributed by atoms with Gasteiger partial charge in [-0.1, -0.05) is 0 Å². The van der Waals surface area contributed by atoms with Crippen LogP contribution in [0.15, 0.2) is 41.0 Å². The van der Waals surface area contributed by atoms with E-state index in [1.165, 1.54) is 12.3 Å². The Morgan fingerprint density at radius 3 is 2.62 bits per heavy atom. The van der Waals surface area contributed by atoms with Crippen LogP contribution < -0.4 is 5.32 Å². The van der Waals surface area contributed by atoms with E-state index in [1.54, 1.807) is 12.1 Å². The van der Waals surface area contributed by atoms with Gasteiger partial charge in [0.2, 0.25) is 0 Å². The fourth-order valence-electron chi connectivity index (χ4n) is 1.86. The summed E-state index contributed by atoms with van der Waals surface area (Å²) < 4.78 is 43.6. The van der Waals surface area contributed by atoms with E-state index in [9.17, 15) is 18.0 Å². The second-order valence-electron chi connectivity index (χ2n) is 4.32. The molecule has 2 N–H and O–H groups in total. The monoisotopic (exact) mass is 299 g/mol. The molecule has 0 unspecified atom stereocenters. The van der Waals surface area contributed by atoms with Crippen LogP contribution >= 0.6 is 0 Å². The summed E-state index contributed by atoms with van der Waals surface area (Å²) in [7, 11) is 0. The maximum absolute atomic E-state index is 12.8. The maximum atomic E-state index is 12.8. The maximum Gasteiger partial charge on any atom is 0.417 e. The molecule has 0 radical (unpaired) electrons. The van der Waals surface area contributed by atoms with Gasteiger partial charge < -0.3 is 14.8 Å². The molecular formula is C14H12F3NO3. The largest absolute Gasteiger partial charge is 0.478 e. The van der Waals surface area contributed by atoms with Crippen LogP contribution in [0.25, 0.3) is 0 Å². The summed E-state index contributed by atoms with van der Waals surface area (Å²) in [5.74, 6) is -0.898. The first-order valence-electron chi connectivity index (χ1n) is 6.08. The van der Waals surface area contributed by atoms with Crippen LogP contribution in [0.3, 0.4) is 0 Å². The molecule has 0 spiro atoms. The lowest BCUT2D eigenvalue weighted by Gasteiger charge is -2.13. The van der Waals surface area contributed by atoms with E-state index in [1.807, 2.05) is 0 Å². The molecule has 0 fully saturated rings. The number of anilines is 1. The van der Waals surface area contributed by atoms with Crippen LogP contribution in [0.1, 0.15) is 21.7 Å². The molecule has 0 saturated carbocycles. The van der Waals surface area contributed by atoms with Crippen LogP contribution in [0.5, 0.6) is 0 Å². The van der Waals surface area contributed by atoms with Gasteiger partial charge in [-0.3, -0.25) is 0 Å². The molecule has 2 rings (SSSR count). The molecule has 112 valence electrons. The molecular weight excluding hydrogens is 287 g/mol. The highest BCUT2D eigenvalue weighted by Gasteiger charge is 2.35. The molecule has 0 aliphatic carbocycles. The predicted molar refractivity (Wildman–Crippen MR) is 69.3 cm³/mol. The number of carbonyl (C=O) groups is 1. The first kappa shape index (κ1) is 15.0. The summed E-state index contributed by atoms with van der Waals surface area (Å²) in [6, 6.07) is 6.53. The molecule has 0 bridgehead atoms. The minimum Gasteiger partial charge on any atom is -0.478 e. The van der Waals surface area contributed by atoms with E-state index in [4.69, 9.17) is 9.52 Å². The summed E-state index contributed by atoms with van der Waals surface area (Å²) in [4.78, 5) is 10.8. The van der Waals surface area contributed by atoms with Crippen molar-refractivity contribution in [3.63, 3.8) is 0 Å². The van der Waals surface area contributed by atoms with Gasteiger partial charge in [0.15, 0.2) is 0 Å². The Hall–Kier alpha value is -2.44. The summed E-state index contributed by atoms with van der Waals surface area (Å²) in [6.45, 7) is 0.372. The highest BCUT2D eigenvalue weighted by atomic mass is 19.4. The van der Waals surface area contributed by atoms with E-state index in [0.717, 1.165) is 12.1 Å². The Labute approximate surface area is 118 Å². The third kappa shape index (κ3) is 3.77. The Kier molecular flexibility index (Phi) is 4.21. The zero-order valence-electron chi connectivity index (χ0n) is 10.8. The molecule has 1 heterocycles. The van der Waals surface area contributed by atoms with Crippen LogP contribution in [-0.4, -0.2) is 17.6 Å². The van der Waals surface area contributed by atoms with Gasteiger partial charge in [0.1, 0.15) is 5.76 Å². The van der Waals surface area contributed by atoms with Crippen LogP contribution in [-0.2, 0) is 12.6 Å². The topological polar surface area (TPSA) is 62.5 Å². The molecule has 7 heteroatoms. The number of carboxylic acid groups (broad SMARTS) is 1. The van der Waals surface area contributed by atoms with Crippen molar-refractivity contribution in [3.05, 3.63) is 53.5 Å². The number of hydrogen-bond acceptors (Lipinski definition) is 3. The van der Waals surface area contributed by atoms with Gasteiger partial charge in [0, 0.05) is 18.7 Å². The molecule has 21 heavy (non-hydrogen) atoms. The van der Waals surface area contributed by atoms with Gasteiger partial charge in [-0.25, -0.2) is 4.79 Å². The highest BCUT2D eigenvalue weighted by molar-refractivity contribution is 5.90. The number of nitrogens with one attached hydrogen (secondary N) is 1. The fraction of sp³-hybridized carbons (Fsp3) is 0.214. The number of aromatic carboxylic acids is 1. The molecule has 0 aliphatic heterocycles. The molecule has 1 aromatic carbocycles. The summed E-state index contributed by atoms with van der Waals surface area (Å²) in [5, 5.41) is 11.6. The van der Waals surface area contributed by atoms with Crippen molar-refractivity contribution in [2.24, 2.45) is 0 Å². The minimum atomic E-state index is -4.72. The molecule has 4 nitrogen and oxygen atoms in total. The zero-order valence-corrected chi connectivity index (χ0v) is 10.8. The Bertz CT molecular complexity index is 621. The van der Waals surface area contributed by atoms with Gasteiger partial charge in [0.05, 0.1) is 17.4 Å². The average molecular weight is 299 g/mol. The molecule has 0 saturated heterocycles. The van der Waals surface area contributed by atoms with E-state index >= 15 is 0 Å². The number of hydrogen-bond donors (Lipinski definition) is 2. The van der Waals surface area contributed by atoms with Crippen LogP contribution in [0.2, 0.25) is 0 Å². The standard InChI is InChI=1S/C14H12F3NO3/c15-14(16,17)12-8-9(3-4-11(12)13(19)20)18-6-5-10-2-1-7-21-10/h1-4,7-8,18H,5-6H2,(H,19,20). The molecule has 0 aliphatic rings. The van der Waals surface area contributed by atoms with E-state index in [-0.39, 0.29) is 5.69 Å². The first-order valence-corrected chi connectivity index (χ1v) is 6.08. The summed E-state index contributed by atoms with van der Waals surface area (Å²) in [5.41, 5.74) is -1.73. The number of carboxylic acids is 1. The minimum absolute atomic E-state index is 0.207. The van der Waals surface area contributed by atoms with Crippen molar-refractivity contribution in [1.29, 1.82) is 0 Å². The van der Waals surface area contributed by atoms with E-state index in [0.29, 0.717) is 18.7 Å². The van der Waals surface area contributed by atoms with Gasteiger partial charge in [0.25, 0.3) is 0 Å². The van der Waals surface area contributed by atoms with Gasteiger partial charge in [-0.15, -0.1) is 0 Å². The van der Waals surface area contributed by atoms with Crippen molar-refractivity contribution in [3.8, 4) is 0 Å². The molecule has 2 aromatic rings. The lowest BCUT2D eigenvalue weighted by Crippen LogP contribution is -2.14. The third-order valence-electron chi connectivity index (χ3n) is 2.84. The first-order chi connectivity index (χ1) is 9.88. The van der Waals surface area contributed by atoms with Crippen LogP contribution in [0, 0.1) is 0 Å². The lowest BCUT2D eigenvalue weighted by atomic mass is 10.1. The van der Waals surface area contributed by atoms with Crippen molar-refractivity contribution in [2.45, 2.75) is 12.6 Å². The lowest BCUT2D eigenvalue weighted by molar-refractivity contribution is -0.138. The van der Waals surface area contributed by atoms with Gasteiger partial charge >= 0.3 is 12.1 Å². The normalized spacial score (nSPS) is 11.4. The second-order valence-corrected chi connectivity index (χ2v) is 4.32. The molecule has 0 atom stereocenters. The molecule has 1 aromatic heterocycles. The Balaban J connectivity index is 2.12. The van der Waals surface area contributed by atoms with Crippen molar-refractivity contribution < 1.29 is 27.5 Å². The quantitative estimate of drug-likeness (QED) is 0.884. The van der Waals surface area contributed by atoms with Gasteiger partial charge in [-0.2, -0.15) is 13.2 Å². The van der Waals surface area contributed by atoms with E-state index < -0.39 is 23.3 Å². The van der Waals surface area contributed by atoms with Crippen molar-refractivity contribution >= 4 is 11.7 Å². The Morgan fingerprint density at radius 2 is 2.05 bits per heavy atom. The Morgan fingerprint density at radius 1 is 1.29 bits per heavy atom. The molecule has 0 amide bonds. The zero-order chi connectivity index (χ0) is 15.5. The van der Waals surface area contributed by atoms with Crippen molar-refractivity contribution in [2.75, 3.05) is 11.9 Å². The predicted octanol–water partition coefficient (Wildman–Crippen LogP) is 3.65. The SMILES string of the molecule is O=C(O)c1ccc(NCCc2ccco2)cc1C(F)(F)F. The smallest absolute Gasteiger partial charge is 0.417 e. The number of alkyl halides is 3. The number of halogens is 3. The van der Waals surface area contributed by atoms with E-state index in [2.05, 4.69) is 5.32 Å². The number of furan rings is 1. The third-order valence-corrected chi connectivity index (χ3v) is 2.84. The number of benzene rings is 1. The number of rotatable bonds is 5. The second kappa shape index (κ2) is 5.90. The van der Waals surface area contributed by atoms with Gasteiger partial charge in [-0.05, 0) is 30.3 Å². The fourth-order valence-corrected chi connectivity index (χ4v) is 1.86. The summed E-state index contributed by atoms with van der Waals surface area (Å²) >= 11 is 0. The average Bonchev–Trinajstić information content (AvgIpc) is 2.90. The highest BCUT2D eigenvalue weighted by Crippen LogP contribution is 2.33. The van der Waals surface area contributed by atoms with Crippen LogP contribution in [0.4, 0.5) is 18.9 Å². The summed E-state index contributed by atoms with van der Waals surface area (Å²) in [6.07, 6.45) is -2.69.